The van der Waals surface area contributed by atoms with Gasteiger partial charge in [-0.25, -0.2) is 4.39 Å². The molecule has 0 heterocycles. The Balaban J connectivity index is 2.04. The van der Waals surface area contributed by atoms with E-state index >= 15 is 0 Å². The normalized spacial score (nSPS) is 12.3. The summed E-state index contributed by atoms with van der Waals surface area (Å²) in [5.74, 6) is 0.0725. The molecule has 100 valence electrons. The van der Waals surface area contributed by atoms with Crippen LogP contribution in [-0.4, -0.2) is 5.11 Å². The molecule has 0 radical (unpaired) electrons. The van der Waals surface area contributed by atoms with Crippen LogP contribution in [-0.2, 0) is 6.54 Å². The minimum atomic E-state index is -0.185. The first kappa shape index (κ1) is 13.6. The Morgan fingerprint density at radius 1 is 1.11 bits per heavy atom. The third-order valence-electron chi connectivity index (χ3n) is 3.20. The molecule has 0 bridgehead atoms. The van der Waals surface area contributed by atoms with Gasteiger partial charge in [-0.2, -0.15) is 0 Å². The Bertz CT molecular complexity index is 525. The predicted molar refractivity (Wildman–Crippen MR) is 74.4 cm³/mol. The van der Waals surface area contributed by atoms with Gasteiger partial charge in [-0.3, -0.25) is 0 Å². The van der Waals surface area contributed by atoms with Crippen LogP contribution >= 0.6 is 0 Å². The molecule has 1 unspecified atom stereocenters. The number of halogens is 1. The van der Waals surface area contributed by atoms with Crippen LogP contribution < -0.4 is 5.32 Å². The van der Waals surface area contributed by atoms with Gasteiger partial charge in [0.25, 0.3) is 0 Å². The number of phenols is 1. The molecule has 0 amide bonds. The van der Waals surface area contributed by atoms with Crippen molar-refractivity contribution in [1.82, 2.24) is 5.32 Å². The van der Waals surface area contributed by atoms with Gasteiger partial charge in [-0.1, -0.05) is 37.3 Å². The first-order valence-electron chi connectivity index (χ1n) is 6.46. The van der Waals surface area contributed by atoms with Crippen molar-refractivity contribution < 1.29 is 9.50 Å². The summed E-state index contributed by atoms with van der Waals surface area (Å²) in [6.45, 7) is 2.57. The molecule has 2 aromatic rings. The molecule has 3 heteroatoms. The van der Waals surface area contributed by atoms with Gasteiger partial charge >= 0.3 is 0 Å². The van der Waals surface area contributed by atoms with Crippen LogP contribution in [0.3, 0.4) is 0 Å². The molecule has 2 aromatic carbocycles. The van der Waals surface area contributed by atoms with Crippen LogP contribution in [0.5, 0.6) is 5.75 Å². The number of hydrogen-bond donors (Lipinski definition) is 2. The van der Waals surface area contributed by atoms with E-state index in [1.54, 1.807) is 24.3 Å². The van der Waals surface area contributed by atoms with Gasteiger partial charge in [-0.15, -0.1) is 0 Å². The van der Waals surface area contributed by atoms with Crippen LogP contribution in [0.2, 0.25) is 0 Å². The Kier molecular flexibility index (Phi) is 4.53. The maximum absolute atomic E-state index is 13.5. The highest BCUT2D eigenvalue weighted by molar-refractivity contribution is 5.28. The van der Waals surface area contributed by atoms with Crippen molar-refractivity contribution in [3.8, 4) is 5.75 Å². The molecule has 0 aromatic heterocycles. The first-order chi connectivity index (χ1) is 9.20. The number of hydrogen-bond acceptors (Lipinski definition) is 2. The van der Waals surface area contributed by atoms with E-state index < -0.39 is 0 Å². The quantitative estimate of drug-likeness (QED) is 0.856. The van der Waals surface area contributed by atoms with Crippen LogP contribution in [0.1, 0.15) is 30.5 Å². The van der Waals surface area contributed by atoms with E-state index in [-0.39, 0.29) is 17.6 Å². The highest BCUT2D eigenvalue weighted by atomic mass is 19.1. The molecule has 0 fully saturated rings. The van der Waals surface area contributed by atoms with Crippen molar-refractivity contribution in [3.63, 3.8) is 0 Å². The molecular formula is C16H18FNO. The Labute approximate surface area is 112 Å². The summed E-state index contributed by atoms with van der Waals surface area (Å²) in [4.78, 5) is 0. The first-order valence-corrected chi connectivity index (χ1v) is 6.46. The van der Waals surface area contributed by atoms with Crippen molar-refractivity contribution in [1.29, 1.82) is 0 Å². The van der Waals surface area contributed by atoms with Gasteiger partial charge in [0.05, 0.1) is 0 Å². The average Bonchev–Trinajstić information content (AvgIpc) is 2.43. The second kappa shape index (κ2) is 6.34. The van der Waals surface area contributed by atoms with E-state index in [0.29, 0.717) is 12.1 Å². The summed E-state index contributed by atoms with van der Waals surface area (Å²) in [5.41, 5.74) is 1.76. The second-order valence-corrected chi connectivity index (χ2v) is 4.52. The lowest BCUT2D eigenvalue weighted by atomic mass is 10.0. The van der Waals surface area contributed by atoms with Crippen molar-refractivity contribution in [2.45, 2.75) is 25.9 Å². The number of rotatable bonds is 5. The monoisotopic (exact) mass is 259 g/mol. The largest absolute Gasteiger partial charge is 0.508 e. The summed E-state index contributed by atoms with van der Waals surface area (Å²) in [7, 11) is 0. The lowest BCUT2D eigenvalue weighted by Gasteiger charge is -2.17. The fraction of sp³-hybridized carbons (Fsp3) is 0.250. The Morgan fingerprint density at radius 3 is 2.42 bits per heavy atom. The molecule has 1 atom stereocenters. The molecule has 0 spiro atoms. The highest BCUT2D eigenvalue weighted by Gasteiger charge is 2.09. The molecule has 0 saturated heterocycles. The number of aromatic hydroxyl groups is 1. The van der Waals surface area contributed by atoms with Gasteiger partial charge < -0.3 is 10.4 Å². The molecule has 2 N–H and O–H groups in total. The van der Waals surface area contributed by atoms with Gasteiger partial charge in [0.1, 0.15) is 11.6 Å². The molecule has 0 aliphatic carbocycles. The van der Waals surface area contributed by atoms with Crippen LogP contribution in [0, 0.1) is 5.82 Å². The molecular weight excluding hydrogens is 241 g/mol. The second-order valence-electron chi connectivity index (χ2n) is 4.52. The van der Waals surface area contributed by atoms with Crippen molar-refractivity contribution in [2.24, 2.45) is 0 Å². The highest BCUT2D eigenvalue weighted by Crippen LogP contribution is 2.20. The summed E-state index contributed by atoms with van der Waals surface area (Å²) in [6.07, 6.45) is 0.902. The number of benzene rings is 2. The fourth-order valence-corrected chi connectivity index (χ4v) is 2.08. The Morgan fingerprint density at radius 2 is 1.79 bits per heavy atom. The van der Waals surface area contributed by atoms with Gasteiger partial charge in [-0.05, 0) is 30.2 Å². The van der Waals surface area contributed by atoms with E-state index in [4.69, 9.17) is 0 Å². The standard InChI is InChI=1S/C16H18FNO/c1-2-16(12-7-9-14(19)10-8-12)18-11-13-5-3-4-6-15(13)17/h3-10,16,18-19H,2,11H2,1H3. The van der Waals surface area contributed by atoms with Crippen LogP contribution in [0.4, 0.5) is 4.39 Å². The summed E-state index contributed by atoms with van der Waals surface area (Å²) in [6, 6.07) is 14.0. The lowest BCUT2D eigenvalue weighted by molar-refractivity contribution is 0.472. The van der Waals surface area contributed by atoms with Crippen molar-refractivity contribution in [3.05, 3.63) is 65.5 Å². The van der Waals surface area contributed by atoms with Gasteiger partial charge in [0.15, 0.2) is 0 Å². The third-order valence-corrected chi connectivity index (χ3v) is 3.20. The molecule has 0 aliphatic heterocycles. The predicted octanol–water partition coefficient (Wildman–Crippen LogP) is 3.77. The zero-order chi connectivity index (χ0) is 13.7. The zero-order valence-electron chi connectivity index (χ0n) is 10.9. The molecule has 0 aliphatic rings. The summed E-state index contributed by atoms with van der Waals surface area (Å²) < 4.78 is 13.5. The average molecular weight is 259 g/mol. The van der Waals surface area contributed by atoms with E-state index in [0.717, 1.165) is 12.0 Å². The van der Waals surface area contributed by atoms with Crippen LogP contribution in [0.15, 0.2) is 48.5 Å². The minimum absolute atomic E-state index is 0.153. The van der Waals surface area contributed by atoms with E-state index in [9.17, 15) is 9.50 Å². The van der Waals surface area contributed by atoms with Crippen molar-refractivity contribution in [2.75, 3.05) is 0 Å². The molecule has 19 heavy (non-hydrogen) atoms. The maximum atomic E-state index is 13.5. The van der Waals surface area contributed by atoms with E-state index in [2.05, 4.69) is 12.2 Å². The van der Waals surface area contributed by atoms with E-state index in [1.807, 2.05) is 18.2 Å². The Hall–Kier alpha value is -1.87. The lowest BCUT2D eigenvalue weighted by Crippen LogP contribution is -2.20. The van der Waals surface area contributed by atoms with E-state index in [1.165, 1.54) is 6.07 Å². The van der Waals surface area contributed by atoms with Gasteiger partial charge in [0.2, 0.25) is 0 Å². The molecule has 2 nitrogen and oxygen atoms in total. The molecule has 0 saturated carbocycles. The zero-order valence-corrected chi connectivity index (χ0v) is 10.9. The number of phenolic OH excluding ortho intramolecular Hbond substituents is 1. The van der Waals surface area contributed by atoms with Gasteiger partial charge in [0, 0.05) is 18.2 Å². The SMILES string of the molecule is CCC(NCc1ccccc1F)c1ccc(O)cc1. The smallest absolute Gasteiger partial charge is 0.127 e. The maximum Gasteiger partial charge on any atom is 0.127 e. The fourth-order valence-electron chi connectivity index (χ4n) is 2.08. The van der Waals surface area contributed by atoms with Crippen LogP contribution in [0.25, 0.3) is 0 Å². The van der Waals surface area contributed by atoms with Crippen molar-refractivity contribution >= 4 is 0 Å². The third kappa shape index (κ3) is 3.55. The molecule has 2 rings (SSSR count). The summed E-state index contributed by atoms with van der Waals surface area (Å²) in [5, 5.41) is 12.6. The summed E-state index contributed by atoms with van der Waals surface area (Å²) >= 11 is 0. The minimum Gasteiger partial charge on any atom is -0.508 e. The number of nitrogens with one attached hydrogen (secondary N) is 1. The topological polar surface area (TPSA) is 32.3 Å².